The van der Waals surface area contributed by atoms with E-state index in [9.17, 15) is 4.79 Å². The first-order valence-corrected chi connectivity index (χ1v) is 11.4. The van der Waals surface area contributed by atoms with Crippen molar-refractivity contribution in [2.45, 2.75) is 19.4 Å². The molecule has 2 aromatic carbocycles. The summed E-state index contributed by atoms with van der Waals surface area (Å²) in [5, 5.41) is 6.81. The molecule has 9 nitrogen and oxygen atoms in total. The lowest BCUT2D eigenvalue weighted by Crippen LogP contribution is -2.26. The Balaban J connectivity index is 1.09. The molecular weight excluding hydrogens is 430 g/mol. The highest BCUT2D eigenvalue weighted by Gasteiger charge is 2.68. The van der Waals surface area contributed by atoms with E-state index in [2.05, 4.69) is 74.4 Å². The van der Waals surface area contributed by atoms with Crippen LogP contribution in [-0.4, -0.2) is 42.3 Å². The lowest BCUT2D eigenvalue weighted by molar-refractivity contribution is 0.362. The van der Waals surface area contributed by atoms with Crippen LogP contribution in [0.2, 0.25) is 0 Å². The third-order valence-electron chi connectivity index (χ3n) is 7.67. The van der Waals surface area contributed by atoms with E-state index in [0.717, 1.165) is 18.9 Å². The van der Waals surface area contributed by atoms with Gasteiger partial charge in [-0.2, -0.15) is 4.98 Å². The Morgan fingerprint density at radius 2 is 1.94 bits per heavy atom. The molecule has 1 aliphatic carbocycles. The number of hydrogen-bond acceptors (Lipinski definition) is 7. The smallest absolute Gasteiger partial charge is 0.280 e. The largest absolute Gasteiger partial charge is 0.371 e. The van der Waals surface area contributed by atoms with Crippen LogP contribution in [0.3, 0.4) is 0 Å². The van der Waals surface area contributed by atoms with Gasteiger partial charge in [0.1, 0.15) is 12.9 Å². The zero-order valence-corrected chi connectivity index (χ0v) is 18.9. The zero-order valence-electron chi connectivity index (χ0n) is 18.9. The average molecular weight is 454 g/mol. The fourth-order valence-electron chi connectivity index (χ4n) is 5.74. The van der Waals surface area contributed by atoms with Gasteiger partial charge in [0.2, 0.25) is 5.89 Å². The highest BCUT2D eigenvalue weighted by Crippen LogP contribution is 2.68. The van der Waals surface area contributed by atoms with E-state index in [1.807, 2.05) is 0 Å². The molecule has 0 spiro atoms. The molecule has 4 heterocycles. The Hall–Kier alpha value is -4.01. The van der Waals surface area contributed by atoms with Crippen LogP contribution in [0.1, 0.15) is 24.6 Å². The topological polar surface area (TPSA) is 94.9 Å². The molecule has 1 saturated carbocycles. The summed E-state index contributed by atoms with van der Waals surface area (Å²) in [4.78, 5) is 28.3. The molecule has 7 rings (SSSR count). The summed E-state index contributed by atoms with van der Waals surface area (Å²) in [6.07, 6.45) is 3.07. The van der Waals surface area contributed by atoms with Crippen LogP contribution < -0.4 is 10.5 Å². The van der Waals surface area contributed by atoms with Gasteiger partial charge in [0.25, 0.3) is 5.56 Å². The van der Waals surface area contributed by atoms with Crippen molar-refractivity contribution in [1.82, 2.24) is 29.2 Å². The average Bonchev–Trinajstić information content (AvgIpc) is 3.29. The van der Waals surface area contributed by atoms with Crippen LogP contribution in [-0.2, 0) is 13.6 Å². The van der Waals surface area contributed by atoms with Crippen molar-refractivity contribution in [3.05, 3.63) is 77.2 Å². The molecule has 0 bridgehead atoms. The molecule has 2 aliphatic rings. The van der Waals surface area contributed by atoms with Gasteiger partial charge in [-0.05, 0) is 28.8 Å². The van der Waals surface area contributed by atoms with Crippen LogP contribution in [0.4, 0.5) is 5.69 Å². The number of piperidine rings is 1. The molecule has 0 amide bonds. The predicted molar refractivity (Wildman–Crippen MR) is 127 cm³/mol. The molecule has 2 fully saturated rings. The summed E-state index contributed by atoms with van der Waals surface area (Å²) in [5.41, 5.74) is 2.10. The van der Waals surface area contributed by atoms with Gasteiger partial charge in [0.15, 0.2) is 17.0 Å². The maximum Gasteiger partial charge on any atom is 0.280 e. The molecule has 3 aromatic heterocycles. The number of nitrogens with zero attached hydrogens (tertiary/aromatic N) is 7. The van der Waals surface area contributed by atoms with Crippen LogP contribution in [0.15, 0.2) is 64.4 Å². The SMILES string of the molecule is Cn1cnc2ncn(Cc3nc([C@H]4[C@@H]5CN(c6ccc7ccccc7c6)CC54C)no3)c(=O)c21. The van der Waals surface area contributed by atoms with Gasteiger partial charge >= 0.3 is 0 Å². The molecule has 3 atom stereocenters. The van der Waals surface area contributed by atoms with Crippen molar-refractivity contribution in [2.24, 2.45) is 18.4 Å². The second-order valence-electron chi connectivity index (χ2n) is 9.75. The molecule has 1 saturated heterocycles. The number of imidazole rings is 1. The summed E-state index contributed by atoms with van der Waals surface area (Å²) in [6, 6.07) is 15.1. The van der Waals surface area contributed by atoms with Crippen LogP contribution in [0.5, 0.6) is 0 Å². The van der Waals surface area contributed by atoms with Crippen LogP contribution in [0.25, 0.3) is 21.9 Å². The highest BCUT2D eigenvalue weighted by atomic mass is 16.5. The van der Waals surface area contributed by atoms with Gasteiger partial charge in [0, 0.05) is 37.2 Å². The molecule has 5 aromatic rings. The quantitative estimate of drug-likeness (QED) is 0.413. The predicted octanol–water partition coefficient (Wildman–Crippen LogP) is 2.95. The van der Waals surface area contributed by atoms with Crippen molar-refractivity contribution < 1.29 is 4.52 Å². The normalized spacial score (nSPS) is 23.6. The summed E-state index contributed by atoms with van der Waals surface area (Å²) in [6.45, 7) is 4.44. The first-order valence-electron chi connectivity index (χ1n) is 11.4. The minimum absolute atomic E-state index is 0.124. The van der Waals surface area contributed by atoms with E-state index in [4.69, 9.17) is 4.52 Å². The van der Waals surface area contributed by atoms with E-state index in [1.165, 1.54) is 27.4 Å². The monoisotopic (exact) mass is 453 g/mol. The van der Waals surface area contributed by atoms with Crippen molar-refractivity contribution >= 4 is 27.6 Å². The third kappa shape index (κ3) is 2.76. The number of aromatic nitrogens is 6. The first kappa shape index (κ1) is 19.5. The minimum atomic E-state index is -0.175. The van der Waals surface area contributed by atoms with Gasteiger partial charge in [-0.25, -0.2) is 9.97 Å². The molecule has 34 heavy (non-hydrogen) atoms. The number of fused-ring (bicyclic) bond motifs is 3. The van der Waals surface area contributed by atoms with Gasteiger partial charge in [-0.15, -0.1) is 0 Å². The Labute approximate surface area is 194 Å². The van der Waals surface area contributed by atoms with E-state index in [0.29, 0.717) is 23.0 Å². The Morgan fingerprint density at radius 3 is 2.76 bits per heavy atom. The molecule has 1 unspecified atom stereocenters. The van der Waals surface area contributed by atoms with Gasteiger partial charge in [-0.1, -0.05) is 42.4 Å². The fourth-order valence-corrected chi connectivity index (χ4v) is 5.74. The third-order valence-corrected chi connectivity index (χ3v) is 7.67. The Morgan fingerprint density at radius 1 is 1.12 bits per heavy atom. The molecule has 9 heteroatoms. The molecule has 0 N–H and O–H groups in total. The summed E-state index contributed by atoms with van der Waals surface area (Å²) < 4.78 is 8.69. The molecule has 0 radical (unpaired) electrons. The summed E-state index contributed by atoms with van der Waals surface area (Å²) in [7, 11) is 1.78. The van der Waals surface area contributed by atoms with Crippen molar-refractivity contribution in [3.8, 4) is 0 Å². The highest BCUT2D eigenvalue weighted by molar-refractivity contribution is 5.86. The van der Waals surface area contributed by atoms with Gasteiger partial charge in [0.05, 0.1) is 6.33 Å². The maximum atomic E-state index is 12.8. The first-order chi connectivity index (χ1) is 16.5. The second-order valence-corrected chi connectivity index (χ2v) is 9.75. The number of aryl methyl sites for hydroxylation is 1. The standard InChI is InChI=1S/C25H23N7O2/c1-25-12-31(17-8-7-15-5-3-4-6-16(15)9-17)10-18(25)20(25)22-28-19(34-29-22)11-32-14-27-23-21(24(32)33)30(2)13-26-23/h3-9,13-14,18,20H,10-12H2,1-2H3/t18-,20+,25?/m0/s1. The number of rotatable bonds is 4. The van der Waals surface area contributed by atoms with Crippen molar-refractivity contribution in [1.29, 1.82) is 0 Å². The van der Waals surface area contributed by atoms with E-state index < -0.39 is 0 Å². The summed E-state index contributed by atoms with van der Waals surface area (Å²) >= 11 is 0. The van der Waals surface area contributed by atoms with E-state index in [-0.39, 0.29) is 23.4 Å². The molecular formula is C25H23N7O2. The van der Waals surface area contributed by atoms with Gasteiger partial charge < -0.3 is 14.0 Å². The lowest BCUT2D eigenvalue weighted by Gasteiger charge is -2.24. The molecule has 1 aliphatic heterocycles. The lowest BCUT2D eigenvalue weighted by atomic mass is 10.1. The number of hydrogen-bond donors (Lipinski definition) is 0. The van der Waals surface area contributed by atoms with Crippen LogP contribution >= 0.6 is 0 Å². The maximum absolute atomic E-state index is 12.8. The van der Waals surface area contributed by atoms with Crippen molar-refractivity contribution in [3.63, 3.8) is 0 Å². The minimum Gasteiger partial charge on any atom is -0.371 e. The van der Waals surface area contributed by atoms with E-state index in [1.54, 1.807) is 17.9 Å². The Bertz CT molecular complexity index is 1630. The zero-order chi connectivity index (χ0) is 23.0. The van der Waals surface area contributed by atoms with Gasteiger partial charge in [-0.3, -0.25) is 9.36 Å². The van der Waals surface area contributed by atoms with Crippen molar-refractivity contribution in [2.75, 3.05) is 18.0 Å². The number of anilines is 1. The Kier molecular flexibility index (Phi) is 3.87. The molecule has 170 valence electrons. The summed E-state index contributed by atoms with van der Waals surface area (Å²) in [5.74, 6) is 1.92. The van der Waals surface area contributed by atoms with E-state index >= 15 is 0 Å². The second kappa shape index (κ2) is 6.75. The fraction of sp³-hybridized carbons (Fsp3) is 0.320. The number of benzene rings is 2. The van der Waals surface area contributed by atoms with Crippen LogP contribution in [0, 0.1) is 11.3 Å².